The first kappa shape index (κ1) is 18.6. The average molecular weight is 407 g/mol. The zero-order valence-electron chi connectivity index (χ0n) is 13.2. The largest absolute Gasteiger partial charge is 0.382 e. The fourth-order valence-electron chi connectivity index (χ4n) is 1.83. The highest BCUT2D eigenvalue weighted by molar-refractivity contribution is 14.1. The van der Waals surface area contributed by atoms with Gasteiger partial charge < -0.3 is 14.8 Å². The van der Waals surface area contributed by atoms with E-state index in [4.69, 9.17) is 9.47 Å². The summed E-state index contributed by atoms with van der Waals surface area (Å²) in [4.78, 5) is 9.31. The third-order valence-electron chi connectivity index (χ3n) is 2.90. The Morgan fingerprint density at radius 3 is 2.52 bits per heavy atom. The van der Waals surface area contributed by atoms with Crippen molar-refractivity contribution in [3.8, 4) is 0 Å². The van der Waals surface area contributed by atoms with Crippen molar-refractivity contribution in [3.63, 3.8) is 0 Å². The molecule has 1 aromatic heterocycles. The number of rotatable bonds is 11. The highest BCUT2D eigenvalue weighted by atomic mass is 127. The van der Waals surface area contributed by atoms with Crippen LogP contribution in [0.15, 0.2) is 0 Å². The standard InChI is InChI=1S/C15H26IN3O2/c1-4-6-12-14(16)15(17-8-5-2)19-13(18-12)7-9-21-11-10-20-3/h4-11H2,1-3H3,(H,17,18,19). The molecule has 5 nitrogen and oxygen atoms in total. The molecule has 0 spiro atoms. The van der Waals surface area contributed by atoms with Crippen LogP contribution in [0.1, 0.15) is 38.2 Å². The number of halogens is 1. The molecule has 0 fully saturated rings. The van der Waals surface area contributed by atoms with E-state index in [2.05, 4.69) is 51.7 Å². The number of anilines is 1. The number of hydrogen-bond acceptors (Lipinski definition) is 5. The SMILES string of the molecule is CCCNc1nc(CCOCCOC)nc(CCC)c1I. The van der Waals surface area contributed by atoms with Gasteiger partial charge in [-0.3, -0.25) is 0 Å². The molecule has 0 saturated heterocycles. The number of nitrogens with zero attached hydrogens (tertiary/aromatic N) is 2. The minimum atomic E-state index is 0.615. The topological polar surface area (TPSA) is 56.3 Å². The van der Waals surface area contributed by atoms with Crippen molar-refractivity contribution in [1.82, 2.24) is 9.97 Å². The maximum Gasteiger partial charge on any atom is 0.143 e. The van der Waals surface area contributed by atoms with Crippen LogP contribution in [0.3, 0.4) is 0 Å². The zero-order chi connectivity index (χ0) is 15.5. The first-order valence-electron chi connectivity index (χ1n) is 7.58. The van der Waals surface area contributed by atoms with E-state index < -0.39 is 0 Å². The van der Waals surface area contributed by atoms with E-state index in [0.717, 1.165) is 53.1 Å². The van der Waals surface area contributed by atoms with E-state index in [-0.39, 0.29) is 0 Å². The maximum absolute atomic E-state index is 5.50. The smallest absolute Gasteiger partial charge is 0.143 e. The zero-order valence-corrected chi connectivity index (χ0v) is 15.4. The lowest BCUT2D eigenvalue weighted by Gasteiger charge is -2.12. The lowest BCUT2D eigenvalue weighted by atomic mass is 10.2. The van der Waals surface area contributed by atoms with Crippen LogP contribution >= 0.6 is 22.6 Å². The third kappa shape index (κ3) is 6.88. The highest BCUT2D eigenvalue weighted by Crippen LogP contribution is 2.20. The predicted octanol–water partition coefficient (Wildman–Crippen LogP) is 3.06. The van der Waals surface area contributed by atoms with E-state index >= 15 is 0 Å². The number of methoxy groups -OCH3 is 1. The summed E-state index contributed by atoms with van der Waals surface area (Å²) < 4.78 is 11.6. The lowest BCUT2D eigenvalue weighted by molar-refractivity contribution is 0.0716. The second kappa shape index (κ2) is 11.1. The van der Waals surface area contributed by atoms with Gasteiger partial charge >= 0.3 is 0 Å². The van der Waals surface area contributed by atoms with Crippen LogP contribution in [0, 0.1) is 3.57 Å². The Hall–Kier alpha value is -0.470. The quantitative estimate of drug-likeness (QED) is 0.452. The molecule has 0 aliphatic rings. The van der Waals surface area contributed by atoms with Gasteiger partial charge in [0.2, 0.25) is 0 Å². The molecule has 120 valence electrons. The van der Waals surface area contributed by atoms with Crippen LogP contribution in [0.25, 0.3) is 0 Å². The van der Waals surface area contributed by atoms with Crippen LogP contribution in [0.5, 0.6) is 0 Å². The molecule has 0 aliphatic carbocycles. The summed E-state index contributed by atoms with van der Waals surface area (Å²) >= 11 is 2.34. The fraction of sp³-hybridized carbons (Fsp3) is 0.733. The van der Waals surface area contributed by atoms with Gasteiger partial charge in [0.1, 0.15) is 11.6 Å². The van der Waals surface area contributed by atoms with Gasteiger partial charge in [-0.1, -0.05) is 20.3 Å². The average Bonchev–Trinajstić information content (AvgIpc) is 2.48. The molecule has 0 unspecified atom stereocenters. The Bertz CT molecular complexity index is 416. The van der Waals surface area contributed by atoms with E-state index in [9.17, 15) is 0 Å². The van der Waals surface area contributed by atoms with Crippen molar-refractivity contribution in [2.24, 2.45) is 0 Å². The first-order valence-corrected chi connectivity index (χ1v) is 8.66. The monoisotopic (exact) mass is 407 g/mol. The number of aryl methyl sites for hydroxylation is 1. The van der Waals surface area contributed by atoms with E-state index in [1.54, 1.807) is 7.11 Å². The highest BCUT2D eigenvalue weighted by Gasteiger charge is 2.11. The Balaban J connectivity index is 2.70. The summed E-state index contributed by atoms with van der Waals surface area (Å²) in [7, 11) is 1.67. The van der Waals surface area contributed by atoms with Gasteiger partial charge in [-0.25, -0.2) is 9.97 Å². The van der Waals surface area contributed by atoms with Gasteiger partial charge in [0.05, 0.1) is 29.1 Å². The summed E-state index contributed by atoms with van der Waals surface area (Å²) in [5.41, 5.74) is 1.14. The summed E-state index contributed by atoms with van der Waals surface area (Å²) in [6.07, 6.45) is 3.89. The molecule has 1 aromatic rings. The summed E-state index contributed by atoms with van der Waals surface area (Å²) in [5, 5.41) is 3.39. The van der Waals surface area contributed by atoms with Crippen molar-refractivity contribution in [2.45, 2.75) is 39.5 Å². The van der Waals surface area contributed by atoms with Crippen molar-refractivity contribution < 1.29 is 9.47 Å². The van der Waals surface area contributed by atoms with Gasteiger partial charge in [0.15, 0.2) is 0 Å². The Kier molecular flexibility index (Phi) is 9.86. The molecular formula is C15H26IN3O2. The Labute approximate surface area is 141 Å². The van der Waals surface area contributed by atoms with Crippen LogP contribution < -0.4 is 5.32 Å². The molecule has 0 radical (unpaired) electrons. The van der Waals surface area contributed by atoms with E-state index in [1.165, 1.54) is 0 Å². The van der Waals surface area contributed by atoms with Crippen molar-refractivity contribution >= 4 is 28.4 Å². The minimum Gasteiger partial charge on any atom is -0.382 e. The number of ether oxygens (including phenoxy) is 2. The summed E-state index contributed by atoms with van der Waals surface area (Å²) in [6, 6.07) is 0. The molecule has 21 heavy (non-hydrogen) atoms. The fourth-order valence-corrected chi connectivity index (χ4v) is 2.53. The normalized spacial score (nSPS) is 10.9. The van der Waals surface area contributed by atoms with Crippen LogP contribution in [-0.2, 0) is 22.3 Å². The van der Waals surface area contributed by atoms with E-state index in [0.29, 0.717) is 19.8 Å². The number of hydrogen-bond donors (Lipinski definition) is 1. The van der Waals surface area contributed by atoms with Gasteiger partial charge in [0.25, 0.3) is 0 Å². The van der Waals surface area contributed by atoms with Gasteiger partial charge in [0, 0.05) is 20.1 Å². The molecule has 0 aromatic carbocycles. The Morgan fingerprint density at radius 1 is 1.05 bits per heavy atom. The van der Waals surface area contributed by atoms with Crippen LogP contribution in [-0.4, -0.2) is 43.4 Å². The molecule has 1 N–H and O–H groups in total. The van der Waals surface area contributed by atoms with Gasteiger partial charge in [-0.05, 0) is 35.4 Å². The molecule has 1 rings (SSSR count). The lowest BCUT2D eigenvalue weighted by Crippen LogP contribution is -2.13. The second-order valence-corrected chi connectivity index (χ2v) is 5.86. The van der Waals surface area contributed by atoms with Crippen molar-refractivity contribution in [2.75, 3.05) is 38.8 Å². The van der Waals surface area contributed by atoms with Crippen LogP contribution in [0.4, 0.5) is 5.82 Å². The first-order chi connectivity index (χ1) is 10.2. The summed E-state index contributed by atoms with van der Waals surface area (Å²) in [5.74, 6) is 1.82. The molecule has 0 aliphatic heterocycles. The molecular weight excluding hydrogens is 381 g/mol. The van der Waals surface area contributed by atoms with Gasteiger partial charge in [-0.15, -0.1) is 0 Å². The number of nitrogens with one attached hydrogen (secondary N) is 1. The van der Waals surface area contributed by atoms with Crippen LogP contribution in [0.2, 0.25) is 0 Å². The maximum atomic E-state index is 5.50. The van der Waals surface area contributed by atoms with Crippen molar-refractivity contribution in [3.05, 3.63) is 15.1 Å². The second-order valence-electron chi connectivity index (χ2n) is 4.78. The third-order valence-corrected chi connectivity index (χ3v) is 4.03. The molecule has 6 heteroatoms. The molecule has 0 amide bonds. The Morgan fingerprint density at radius 2 is 1.86 bits per heavy atom. The molecule has 0 bridgehead atoms. The molecule has 0 saturated carbocycles. The summed E-state index contributed by atoms with van der Waals surface area (Å²) in [6.45, 7) is 7.12. The molecule has 0 atom stereocenters. The van der Waals surface area contributed by atoms with E-state index in [1.807, 2.05) is 0 Å². The predicted molar refractivity (Wildman–Crippen MR) is 93.9 cm³/mol. The number of aromatic nitrogens is 2. The van der Waals surface area contributed by atoms with Crippen molar-refractivity contribution in [1.29, 1.82) is 0 Å². The minimum absolute atomic E-state index is 0.615. The van der Waals surface area contributed by atoms with Gasteiger partial charge in [-0.2, -0.15) is 0 Å². The molecule has 1 heterocycles.